The Hall–Kier alpha value is -1.76. The van der Waals surface area contributed by atoms with Gasteiger partial charge in [-0.2, -0.15) is 0 Å². The van der Waals surface area contributed by atoms with Gasteiger partial charge in [0.2, 0.25) is 0 Å². The van der Waals surface area contributed by atoms with E-state index >= 15 is 0 Å². The van der Waals surface area contributed by atoms with Gasteiger partial charge < -0.3 is 16.2 Å². The number of aromatic carboxylic acids is 1. The topological polar surface area (TPSA) is 109 Å². The molecule has 4 N–H and O–H groups in total. The van der Waals surface area contributed by atoms with Gasteiger partial charge in [0.1, 0.15) is 0 Å². The third-order valence-electron chi connectivity index (χ3n) is 2.98. The van der Waals surface area contributed by atoms with E-state index in [0.717, 1.165) is 6.26 Å². The number of hydrogen-bond donors (Lipinski definition) is 3. The van der Waals surface area contributed by atoms with Crippen LogP contribution in [0.4, 0.5) is 11.4 Å². The number of sulfone groups is 1. The standard InChI is InChI=1S/C12H18N2O4S/c1-12(2,19(3,17)18)7-14-10-5-4-8(13)6-9(10)11(15)16/h4-6,14H,7,13H2,1-3H3,(H,15,16). The Kier molecular flexibility index (Phi) is 4.09. The van der Waals surface area contributed by atoms with E-state index in [1.165, 1.54) is 12.1 Å². The predicted octanol–water partition coefficient (Wildman–Crippen LogP) is 1.20. The van der Waals surface area contributed by atoms with Gasteiger partial charge in [-0.25, -0.2) is 13.2 Å². The van der Waals surface area contributed by atoms with Crippen LogP contribution in [0.25, 0.3) is 0 Å². The lowest BCUT2D eigenvalue weighted by Gasteiger charge is -2.24. The molecule has 0 fully saturated rings. The summed E-state index contributed by atoms with van der Waals surface area (Å²) in [6, 6.07) is 4.41. The van der Waals surface area contributed by atoms with Crippen molar-refractivity contribution in [2.24, 2.45) is 0 Å². The molecule has 0 unspecified atom stereocenters. The molecule has 0 aliphatic carbocycles. The lowest BCUT2D eigenvalue weighted by Crippen LogP contribution is -2.38. The number of nitrogens with one attached hydrogen (secondary N) is 1. The molecule has 6 nitrogen and oxygen atoms in total. The fourth-order valence-corrected chi connectivity index (χ4v) is 1.67. The minimum absolute atomic E-state index is 0.0179. The van der Waals surface area contributed by atoms with Crippen molar-refractivity contribution in [2.45, 2.75) is 18.6 Å². The van der Waals surface area contributed by atoms with Crippen LogP contribution < -0.4 is 11.1 Å². The van der Waals surface area contributed by atoms with Crippen LogP contribution in [0.3, 0.4) is 0 Å². The van der Waals surface area contributed by atoms with Gasteiger partial charge in [0.25, 0.3) is 0 Å². The lowest BCUT2D eigenvalue weighted by molar-refractivity contribution is 0.0698. The first-order valence-corrected chi connectivity index (χ1v) is 7.50. The van der Waals surface area contributed by atoms with Gasteiger partial charge >= 0.3 is 5.97 Å². The molecular formula is C12H18N2O4S. The summed E-state index contributed by atoms with van der Waals surface area (Å²) < 4.78 is 22.1. The Bertz CT molecular complexity index is 594. The van der Waals surface area contributed by atoms with Crippen molar-refractivity contribution in [1.29, 1.82) is 0 Å². The highest BCUT2D eigenvalue weighted by atomic mass is 32.2. The molecule has 0 aromatic heterocycles. The highest BCUT2D eigenvalue weighted by Crippen LogP contribution is 2.22. The van der Waals surface area contributed by atoms with Crippen LogP contribution in [0.5, 0.6) is 0 Å². The number of nitrogen functional groups attached to an aromatic ring is 1. The summed E-state index contributed by atoms with van der Waals surface area (Å²) in [6.07, 6.45) is 1.15. The summed E-state index contributed by atoms with van der Waals surface area (Å²) in [7, 11) is -3.25. The van der Waals surface area contributed by atoms with Gasteiger partial charge in [0.05, 0.1) is 10.3 Å². The molecule has 0 amide bonds. The molecule has 1 rings (SSSR count). The second-order valence-corrected chi connectivity index (χ2v) is 7.65. The number of nitrogens with two attached hydrogens (primary N) is 1. The van der Waals surface area contributed by atoms with Crippen LogP contribution in [-0.4, -0.2) is 37.0 Å². The zero-order valence-electron chi connectivity index (χ0n) is 11.1. The molecule has 1 aromatic carbocycles. The molecule has 106 valence electrons. The van der Waals surface area contributed by atoms with Gasteiger partial charge in [-0.1, -0.05) is 0 Å². The fourth-order valence-electron chi connectivity index (χ4n) is 1.33. The number of anilines is 2. The molecule has 19 heavy (non-hydrogen) atoms. The SMILES string of the molecule is CC(C)(CNc1ccc(N)cc1C(=O)O)S(C)(=O)=O. The van der Waals surface area contributed by atoms with Gasteiger partial charge in [0.15, 0.2) is 9.84 Å². The van der Waals surface area contributed by atoms with Crippen molar-refractivity contribution in [3.05, 3.63) is 23.8 Å². The second-order valence-electron chi connectivity index (χ2n) is 5.00. The van der Waals surface area contributed by atoms with E-state index in [4.69, 9.17) is 10.8 Å². The van der Waals surface area contributed by atoms with Crippen molar-refractivity contribution >= 4 is 27.2 Å². The normalized spacial score (nSPS) is 12.2. The maximum atomic E-state index is 11.6. The third-order valence-corrected chi connectivity index (χ3v) is 5.13. The van der Waals surface area contributed by atoms with E-state index in [1.54, 1.807) is 19.9 Å². The molecular weight excluding hydrogens is 268 g/mol. The molecule has 1 aromatic rings. The summed E-state index contributed by atoms with van der Waals surface area (Å²) in [4.78, 5) is 11.1. The van der Waals surface area contributed by atoms with E-state index < -0.39 is 20.6 Å². The van der Waals surface area contributed by atoms with E-state index in [0.29, 0.717) is 11.4 Å². The van der Waals surface area contributed by atoms with E-state index in [2.05, 4.69) is 5.32 Å². The van der Waals surface area contributed by atoms with Crippen molar-refractivity contribution < 1.29 is 18.3 Å². The first-order valence-electron chi connectivity index (χ1n) is 5.61. The van der Waals surface area contributed by atoms with Crippen molar-refractivity contribution in [3.63, 3.8) is 0 Å². The van der Waals surface area contributed by atoms with Crippen LogP contribution in [-0.2, 0) is 9.84 Å². The highest BCUT2D eigenvalue weighted by molar-refractivity contribution is 7.92. The lowest BCUT2D eigenvalue weighted by atomic mass is 10.1. The van der Waals surface area contributed by atoms with Gasteiger partial charge in [0, 0.05) is 24.2 Å². The third kappa shape index (κ3) is 3.60. The van der Waals surface area contributed by atoms with Gasteiger partial charge in [-0.15, -0.1) is 0 Å². The maximum Gasteiger partial charge on any atom is 0.337 e. The summed E-state index contributed by atoms with van der Waals surface area (Å²) in [5, 5.41) is 11.9. The van der Waals surface area contributed by atoms with Crippen LogP contribution >= 0.6 is 0 Å². The molecule has 0 aliphatic heterocycles. The van der Waals surface area contributed by atoms with Gasteiger partial charge in [-0.3, -0.25) is 0 Å². The Labute approximate surface area is 112 Å². The molecule has 0 aliphatic rings. The first kappa shape index (κ1) is 15.3. The molecule has 0 spiro atoms. The molecule has 0 heterocycles. The average Bonchev–Trinajstić information content (AvgIpc) is 2.25. The molecule has 0 bridgehead atoms. The fraction of sp³-hybridized carbons (Fsp3) is 0.417. The van der Waals surface area contributed by atoms with Crippen molar-refractivity contribution in [1.82, 2.24) is 0 Å². The van der Waals surface area contributed by atoms with Gasteiger partial charge in [-0.05, 0) is 32.0 Å². The number of hydrogen-bond acceptors (Lipinski definition) is 5. The molecule has 0 saturated carbocycles. The maximum absolute atomic E-state index is 11.6. The summed E-state index contributed by atoms with van der Waals surface area (Å²) >= 11 is 0. The van der Waals surface area contributed by atoms with E-state index in [-0.39, 0.29) is 12.1 Å². The van der Waals surface area contributed by atoms with Crippen molar-refractivity contribution in [3.8, 4) is 0 Å². The van der Waals surface area contributed by atoms with Crippen molar-refractivity contribution in [2.75, 3.05) is 23.9 Å². The molecule has 0 radical (unpaired) electrons. The second kappa shape index (κ2) is 5.08. The number of carboxylic acid groups (broad SMARTS) is 1. The van der Waals surface area contributed by atoms with E-state index in [1.807, 2.05) is 0 Å². The summed E-state index contributed by atoms with van der Waals surface area (Å²) in [5.74, 6) is -1.12. The first-order chi connectivity index (χ1) is 8.54. The molecule has 0 atom stereocenters. The number of benzene rings is 1. The average molecular weight is 286 g/mol. The summed E-state index contributed by atoms with van der Waals surface area (Å²) in [5.41, 5.74) is 6.23. The van der Waals surface area contributed by atoms with E-state index in [9.17, 15) is 13.2 Å². The number of rotatable bonds is 5. The van der Waals surface area contributed by atoms with Crippen LogP contribution in [0.1, 0.15) is 24.2 Å². The quantitative estimate of drug-likeness (QED) is 0.702. The van der Waals surface area contributed by atoms with Crippen LogP contribution in [0.15, 0.2) is 18.2 Å². The molecule has 7 heteroatoms. The minimum atomic E-state index is -3.25. The van der Waals surface area contributed by atoms with Crippen LogP contribution in [0.2, 0.25) is 0 Å². The predicted molar refractivity (Wildman–Crippen MR) is 75.2 cm³/mol. The Morgan fingerprint density at radius 3 is 2.47 bits per heavy atom. The van der Waals surface area contributed by atoms with Crippen LogP contribution in [0, 0.1) is 0 Å². The minimum Gasteiger partial charge on any atom is -0.478 e. The zero-order valence-corrected chi connectivity index (χ0v) is 11.9. The molecule has 0 saturated heterocycles. The Morgan fingerprint density at radius 1 is 1.42 bits per heavy atom. The number of carbonyl (C=O) groups is 1. The largest absolute Gasteiger partial charge is 0.478 e. The highest BCUT2D eigenvalue weighted by Gasteiger charge is 2.30. The number of carboxylic acids is 1. The smallest absolute Gasteiger partial charge is 0.337 e. The Morgan fingerprint density at radius 2 is 2.00 bits per heavy atom. The monoisotopic (exact) mass is 286 g/mol. The Balaban J connectivity index is 2.99. The zero-order chi connectivity index (χ0) is 14.8. The summed E-state index contributed by atoms with van der Waals surface area (Å²) in [6.45, 7) is 3.26.